The number of quaternary nitrogens is 1. The number of anilines is 1. The molecule has 4 rings (SSSR count). The molecule has 2 aliphatic heterocycles. The molecule has 0 unspecified atom stereocenters. The summed E-state index contributed by atoms with van der Waals surface area (Å²) in [6.45, 7) is 4.87. The smallest absolute Gasteiger partial charge is 0.231 e. The molecule has 7 nitrogen and oxygen atoms in total. The number of carbonyl (C=O) groups is 1. The maximum atomic E-state index is 12.6. The Bertz CT molecular complexity index is 871. The normalized spacial score (nSPS) is 21.6. The van der Waals surface area contributed by atoms with Crippen molar-refractivity contribution in [2.24, 2.45) is 5.92 Å². The molecule has 1 aromatic heterocycles. The number of nitrogens with one attached hydrogen (secondary N) is 2. The highest BCUT2D eigenvalue weighted by atomic mass is 32.1. The van der Waals surface area contributed by atoms with Crippen molar-refractivity contribution in [1.29, 1.82) is 0 Å². The van der Waals surface area contributed by atoms with Crippen LogP contribution in [0.1, 0.15) is 17.8 Å². The van der Waals surface area contributed by atoms with Gasteiger partial charge in [0.15, 0.2) is 22.1 Å². The fraction of sp³-hybridized carbons (Fsp3) is 0.471. The zero-order valence-corrected chi connectivity index (χ0v) is 16.1. The number of likely N-dealkylation sites (tertiary alicyclic amines) is 1. The lowest BCUT2D eigenvalue weighted by Crippen LogP contribution is -3.12. The standard InChI is InChI=1S/C17H20N4O3S2/c1-11-19-21(17(25)26-11)9-20-6-4-12(5-7-20)16(22)18-13-2-3-14-15(8-13)24-10-23-14/h2-3,8,12H,4-7,9-10H2,1H3,(H,18,22)/p+1. The van der Waals surface area contributed by atoms with Crippen LogP contribution in [0.15, 0.2) is 18.2 Å². The molecule has 1 aromatic carbocycles. The topological polar surface area (TPSA) is 69.8 Å². The second-order valence-corrected chi connectivity index (χ2v) is 8.45. The Labute approximate surface area is 160 Å². The van der Waals surface area contributed by atoms with E-state index in [4.69, 9.17) is 21.7 Å². The maximum Gasteiger partial charge on any atom is 0.231 e. The molecule has 1 amide bonds. The SMILES string of the molecule is Cc1nn(C[NH+]2CCC(C(=O)Nc3ccc4c(c3)OCO4)CC2)c(=S)s1. The molecular formula is C17H21N4O3S2+. The Kier molecular flexibility index (Phi) is 4.92. The molecule has 0 saturated carbocycles. The minimum absolute atomic E-state index is 0.0364. The maximum absolute atomic E-state index is 12.6. The summed E-state index contributed by atoms with van der Waals surface area (Å²) in [5.74, 6) is 1.51. The van der Waals surface area contributed by atoms with Gasteiger partial charge < -0.3 is 19.7 Å². The van der Waals surface area contributed by atoms with Crippen molar-refractivity contribution in [3.8, 4) is 11.5 Å². The molecule has 0 spiro atoms. The molecule has 2 aliphatic rings. The van der Waals surface area contributed by atoms with E-state index in [9.17, 15) is 4.79 Å². The average Bonchev–Trinajstić information content (AvgIpc) is 3.21. The lowest BCUT2D eigenvalue weighted by atomic mass is 9.96. The van der Waals surface area contributed by atoms with Gasteiger partial charge in [-0.2, -0.15) is 9.78 Å². The van der Waals surface area contributed by atoms with Crippen LogP contribution in [0.5, 0.6) is 11.5 Å². The van der Waals surface area contributed by atoms with E-state index < -0.39 is 0 Å². The van der Waals surface area contributed by atoms with E-state index in [0.29, 0.717) is 5.75 Å². The summed E-state index contributed by atoms with van der Waals surface area (Å²) in [7, 11) is 0. The average molecular weight is 394 g/mol. The van der Waals surface area contributed by atoms with Gasteiger partial charge >= 0.3 is 0 Å². The Balaban J connectivity index is 1.30. The van der Waals surface area contributed by atoms with Crippen molar-refractivity contribution in [2.45, 2.75) is 26.4 Å². The first kappa shape index (κ1) is 17.4. The van der Waals surface area contributed by atoms with Crippen molar-refractivity contribution in [2.75, 3.05) is 25.2 Å². The van der Waals surface area contributed by atoms with Gasteiger partial charge in [-0.05, 0) is 31.3 Å². The molecule has 0 bridgehead atoms. The first-order chi connectivity index (χ1) is 12.6. The van der Waals surface area contributed by atoms with Gasteiger partial charge in [0.2, 0.25) is 12.7 Å². The molecule has 9 heteroatoms. The predicted octanol–water partition coefficient (Wildman–Crippen LogP) is 1.60. The molecule has 0 atom stereocenters. The van der Waals surface area contributed by atoms with Gasteiger partial charge in [-0.3, -0.25) is 4.79 Å². The number of piperidine rings is 1. The number of ether oxygens (including phenoxy) is 2. The van der Waals surface area contributed by atoms with Crippen LogP contribution in [0, 0.1) is 16.8 Å². The number of aryl methyl sites for hydroxylation is 1. The van der Waals surface area contributed by atoms with Crippen molar-refractivity contribution in [3.05, 3.63) is 27.2 Å². The molecule has 138 valence electrons. The number of hydrogen-bond donors (Lipinski definition) is 2. The molecule has 26 heavy (non-hydrogen) atoms. The second kappa shape index (κ2) is 7.34. The summed E-state index contributed by atoms with van der Waals surface area (Å²) >= 11 is 6.88. The molecule has 2 N–H and O–H groups in total. The van der Waals surface area contributed by atoms with Crippen LogP contribution in [0.4, 0.5) is 5.69 Å². The fourth-order valence-electron chi connectivity index (χ4n) is 3.39. The summed E-state index contributed by atoms with van der Waals surface area (Å²) in [6.07, 6.45) is 1.73. The van der Waals surface area contributed by atoms with Crippen LogP contribution < -0.4 is 19.7 Å². The first-order valence-electron chi connectivity index (χ1n) is 8.67. The molecule has 1 fully saturated rings. The number of aromatic nitrogens is 2. The van der Waals surface area contributed by atoms with Gasteiger partial charge in [-0.1, -0.05) is 11.3 Å². The van der Waals surface area contributed by atoms with Crippen molar-refractivity contribution >= 4 is 35.1 Å². The van der Waals surface area contributed by atoms with Gasteiger partial charge in [-0.25, -0.2) is 0 Å². The molecule has 3 heterocycles. The number of amides is 1. The van der Waals surface area contributed by atoms with Crippen LogP contribution in [-0.4, -0.2) is 35.6 Å². The highest BCUT2D eigenvalue weighted by Crippen LogP contribution is 2.34. The van der Waals surface area contributed by atoms with Crippen LogP contribution in [0.3, 0.4) is 0 Å². The van der Waals surface area contributed by atoms with Gasteiger partial charge in [0.25, 0.3) is 0 Å². The molecular weight excluding hydrogens is 372 g/mol. The van der Waals surface area contributed by atoms with Gasteiger partial charge in [0.1, 0.15) is 5.01 Å². The number of rotatable bonds is 4. The Morgan fingerprint density at radius 1 is 1.38 bits per heavy atom. The third kappa shape index (κ3) is 3.74. The Morgan fingerprint density at radius 3 is 2.88 bits per heavy atom. The minimum Gasteiger partial charge on any atom is -0.454 e. The first-order valence-corrected chi connectivity index (χ1v) is 9.89. The lowest BCUT2D eigenvalue weighted by Gasteiger charge is -2.28. The third-order valence-corrected chi connectivity index (χ3v) is 6.01. The van der Waals surface area contributed by atoms with E-state index >= 15 is 0 Å². The van der Waals surface area contributed by atoms with Crippen LogP contribution in [0.2, 0.25) is 0 Å². The fourth-order valence-corrected chi connectivity index (χ4v) is 4.46. The van der Waals surface area contributed by atoms with E-state index in [0.717, 1.165) is 53.0 Å². The van der Waals surface area contributed by atoms with Crippen LogP contribution >= 0.6 is 23.6 Å². The largest absolute Gasteiger partial charge is 0.454 e. The van der Waals surface area contributed by atoms with Gasteiger partial charge in [0, 0.05) is 30.5 Å². The number of nitrogens with zero attached hydrogens (tertiary/aromatic N) is 2. The Morgan fingerprint density at radius 2 is 2.15 bits per heavy atom. The summed E-state index contributed by atoms with van der Waals surface area (Å²) in [5.41, 5.74) is 0.748. The predicted molar refractivity (Wildman–Crippen MR) is 100 cm³/mol. The summed E-state index contributed by atoms with van der Waals surface area (Å²) < 4.78 is 13.4. The van der Waals surface area contributed by atoms with Gasteiger partial charge in [-0.15, -0.1) is 0 Å². The van der Waals surface area contributed by atoms with E-state index in [2.05, 4.69) is 10.4 Å². The quantitative estimate of drug-likeness (QED) is 0.773. The summed E-state index contributed by atoms with van der Waals surface area (Å²) in [5, 5.41) is 8.45. The van der Waals surface area contributed by atoms with E-state index in [1.807, 2.05) is 29.8 Å². The summed E-state index contributed by atoms with van der Waals surface area (Å²) in [4.78, 5) is 14.0. The highest BCUT2D eigenvalue weighted by molar-refractivity contribution is 7.73. The van der Waals surface area contributed by atoms with Crippen molar-refractivity contribution in [1.82, 2.24) is 9.78 Å². The zero-order chi connectivity index (χ0) is 18.1. The second-order valence-electron chi connectivity index (χ2n) is 6.63. The summed E-state index contributed by atoms with van der Waals surface area (Å²) in [6, 6.07) is 5.48. The lowest BCUT2D eigenvalue weighted by molar-refractivity contribution is -0.928. The van der Waals surface area contributed by atoms with Crippen LogP contribution in [-0.2, 0) is 11.5 Å². The molecule has 1 saturated heterocycles. The number of hydrogen-bond acceptors (Lipinski definition) is 6. The number of fused-ring (bicyclic) bond motifs is 1. The number of carbonyl (C=O) groups excluding carboxylic acids is 1. The van der Waals surface area contributed by atoms with E-state index in [-0.39, 0.29) is 18.6 Å². The van der Waals surface area contributed by atoms with E-state index in [1.54, 1.807) is 11.3 Å². The molecule has 0 aliphatic carbocycles. The van der Waals surface area contributed by atoms with Gasteiger partial charge in [0.05, 0.1) is 13.1 Å². The third-order valence-electron chi connectivity index (χ3n) is 4.78. The van der Waals surface area contributed by atoms with Crippen molar-refractivity contribution < 1.29 is 19.2 Å². The minimum atomic E-state index is 0.0364. The van der Waals surface area contributed by atoms with Crippen molar-refractivity contribution in [3.63, 3.8) is 0 Å². The number of benzene rings is 1. The molecule has 0 radical (unpaired) electrons. The van der Waals surface area contributed by atoms with E-state index in [1.165, 1.54) is 4.90 Å². The Hall–Kier alpha value is -1.97. The molecule has 2 aromatic rings. The zero-order valence-electron chi connectivity index (χ0n) is 14.5. The van der Waals surface area contributed by atoms with Crippen LogP contribution in [0.25, 0.3) is 0 Å². The highest BCUT2D eigenvalue weighted by Gasteiger charge is 2.28. The monoisotopic (exact) mass is 393 g/mol.